The minimum atomic E-state index is -0.103. The van der Waals surface area contributed by atoms with E-state index in [1.165, 1.54) is 5.56 Å². The fraction of sp³-hybridized carbons (Fsp3) is 0.333. The zero-order valence-corrected chi connectivity index (χ0v) is 16.8. The molecule has 0 bridgehead atoms. The van der Waals surface area contributed by atoms with E-state index in [1.54, 1.807) is 36.4 Å². The Morgan fingerprint density at radius 2 is 2.07 bits per heavy atom. The molecule has 0 spiro atoms. The van der Waals surface area contributed by atoms with Crippen LogP contribution in [-0.4, -0.2) is 41.4 Å². The summed E-state index contributed by atoms with van der Waals surface area (Å²) in [5.74, 6) is 1.55. The summed E-state index contributed by atoms with van der Waals surface area (Å²) < 4.78 is 12.8. The number of ether oxygens (including phenoxy) is 2. The summed E-state index contributed by atoms with van der Waals surface area (Å²) in [5.41, 5.74) is 2.31. The number of aromatic nitrogens is 2. The second-order valence-corrected chi connectivity index (χ2v) is 7.66. The average molecular weight is 398 g/mol. The van der Waals surface area contributed by atoms with Gasteiger partial charge in [-0.15, -0.1) is 11.3 Å². The van der Waals surface area contributed by atoms with Crippen molar-refractivity contribution in [1.29, 1.82) is 0 Å². The number of benzene rings is 1. The van der Waals surface area contributed by atoms with Gasteiger partial charge in [0.05, 0.1) is 20.3 Å². The van der Waals surface area contributed by atoms with Crippen molar-refractivity contribution in [2.45, 2.75) is 25.4 Å². The Kier molecular flexibility index (Phi) is 5.34. The van der Waals surface area contributed by atoms with Gasteiger partial charge in [0.25, 0.3) is 0 Å². The van der Waals surface area contributed by atoms with Crippen molar-refractivity contribution in [2.24, 2.45) is 0 Å². The Balaban J connectivity index is 1.67. The van der Waals surface area contributed by atoms with Crippen LogP contribution in [0.25, 0.3) is 0 Å². The smallest absolute Gasteiger partial charge is 0.225 e. The highest BCUT2D eigenvalue weighted by atomic mass is 32.1. The van der Waals surface area contributed by atoms with Gasteiger partial charge in [-0.05, 0) is 47.2 Å². The van der Waals surface area contributed by atoms with Gasteiger partial charge in [-0.3, -0.25) is 9.48 Å². The van der Waals surface area contributed by atoms with E-state index in [0.717, 1.165) is 22.6 Å². The lowest BCUT2D eigenvalue weighted by atomic mass is 9.90. The predicted octanol–water partition coefficient (Wildman–Crippen LogP) is 3.53. The maximum atomic E-state index is 13.1. The molecule has 3 heterocycles. The Morgan fingerprint density at radius 3 is 2.75 bits per heavy atom. The normalized spacial score (nSPS) is 15.9. The number of hydrogen-bond donors (Lipinski definition) is 0. The number of carbonyl (C=O) groups excluding carboxylic acids is 1. The van der Waals surface area contributed by atoms with E-state index in [2.05, 4.69) is 16.5 Å². The largest absolute Gasteiger partial charge is 0.493 e. The third kappa shape index (κ3) is 3.49. The second kappa shape index (κ2) is 8.06. The molecule has 4 rings (SSSR count). The number of amides is 1. The molecule has 0 saturated carbocycles. The van der Waals surface area contributed by atoms with E-state index in [0.29, 0.717) is 25.3 Å². The predicted molar refractivity (Wildman–Crippen MR) is 108 cm³/mol. The van der Waals surface area contributed by atoms with Crippen LogP contribution in [0.2, 0.25) is 0 Å². The number of carbonyl (C=O) groups is 1. The maximum Gasteiger partial charge on any atom is 0.225 e. The molecule has 2 aromatic heterocycles. The van der Waals surface area contributed by atoms with E-state index in [9.17, 15) is 4.79 Å². The van der Waals surface area contributed by atoms with Gasteiger partial charge >= 0.3 is 0 Å². The summed E-state index contributed by atoms with van der Waals surface area (Å²) in [5, 5.41) is 6.25. The highest BCUT2D eigenvalue weighted by molar-refractivity contribution is 7.10. The number of fused-ring (bicyclic) bond motifs is 1. The lowest BCUT2D eigenvalue weighted by Crippen LogP contribution is -2.40. The van der Waals surface area contributed by atoms with Gasteiger partial charge in [0.15, 0.2) is 11.5 Å². The first kappa shape index (κ1) is 18.6. The average Bonchev–Trinajstić information content (AvgIpc) is 3.44. The van der Waals surface area contributed by atoms with Crippen molar-refractivity contribution in [3.8, 4) is 11.5 Å². The van der Waals surface area contributed by atoms with Gasteiger partial charge in [-0.1, -0.05) is 6.07 Å². The van der Waals surface area contributed by atoms with Crippen molar-refractivity contribution in [2.75, 3.05) is 20.8 Å². The fourth-order valence-electron chi connectivity index (χ4n) is 3.75. The molecule has 0 radical (unpaired) electrons. The van der Waals surface area contributed by atoms with Crippen LogP contribution in [0, 0.1) is 0 Å². The molecule has 3 aromatic rings. The summed E-state index contributed by atoms with van der Waals surface area (Å²) in [7, 11) is 3.29. The molecule has 1 amide bonds. The van der Waals surface area contributed by atoms with E-state index >= 15 is 0 Å². The van der Waals surface area contributed by atoms with Crippen LogP contribution in [0.4, 0.5) is 0 Å². The molecule has 0 fully saturated rings. The quantitative estimate of drug-likeness (QED) is 0.639. The first-order chi connectivity index (χ1) is 13.7. The standard InChI is InChI=1S/C21H23N3O3S/c1-26-17-13-15-6-11-24(20(25)7-10-23-9-4-8-22-23)21(19-5-3-12-28-19)16(15)14-18(17)27-2/h3-5,8-9,12-14,21H,6-7,10-11H2,1-2H3. The second-order valence-electron chi connectivity index (χ2n) is 6.68. The molecule has 1 aliphatic heterocycles. The maximum absolute atomic E-state index is 13.1. The lowest BCUT2D eigenvalue weighted by molar-refractivity contribution is -0.133. The topological polar surface area (TPSA) is 56.6 Å². The van der Waals surface area contributed by atoms with Gasteiger partial charge in [-0.2, -0.15) is 5.10 Å². The SMILES string of the molecule is COc1cc2c(cc1OC)C(c1cccs1)N(C(=O)CCn1cccn1)CC2. The Bertz CT molecular complexity index is 938. The van der Waals surface area contributed by atoms with Gasteiger partial charge in [0.1, 0.15) is 0 Å². The van der Waals surface area contributed by atoms with Crippen molar-refractivity contribution >= 4 is 17.2 Å². The Labute approximate surface area is 168 Å². The molecule has 1 aliphatic rings. The first-order valence-electron chi connectivity index (χ1n) is 9.26. The van der Waals surface area contributed by atoms with Crippen LogP contribution in [0.15, 0.2) is 48.1 Å². The fourth-order valence-corrected chi connectivity index (χ4v) is 4.61. The summed E-state index contributed by atoms with van der Waals surface area (Å²) in [4.78, 5) is 16.3. The van der Waals surface area contributed by atoms with Gasteiger partial charge in [0.2, 0.25) is 5.91 Å². The molecule has 1 aromatic carbocycles. The third-order valence-electron chi connectivity index (χ3n) is 5.12. The molecule has 0 aliphatic carbocycles. The van der Waals surface area contributed by atoms with Crippen LogP contribution in [0.1, 0.15) is 28.5 Å². The van der Waals surface area contributed by atoms with Crippen LogP contribution in [-0.2, 0) is 17.8 Å². The van der Waals surface area contributed by atoms with Gasteiger partial charge in [-0.25, -0.2) is 0 Å². The lowest BCUT2D eigenvalue weighted by Gasteiger charge is -2.37. The third-order valence-corrected chi connectivity index (χ3v) is 6.05. The molecule has 0 N–H and O–H groups in total. The minimum absolute atomic E-state index is 0.103. The van der Waals surface area contributed by atoms with E-state index in [-0.39, 0.29) is 11.9 Å². The van der Waals surface area contributed by atoms with E-state index in [1.807, 2.05) is 35.4 Å². The van der Waals surface area contributed by atoms with Crippen LogP contribution >= 0.6 is 11.3 Å². The molecular formula is C21H23N3O3S. The van der Waals surface area contributed by atoms with Crippen molar-refractivity contribution in [3.63, 3.8) is 0 Å². The first-order valence-corrected chi connectivity index (χ1v) is 10.1. The van der Waals surface area contributed by atoms with Crippen LogP contribution in [0.5, 0.6) is 11.5 Å². The molecule has 28 heavy (non-hydrogen) atoms. The van der Waals surface area contributed by atoms with Crippen molar-refractivity contribution in [1.82, 2.24) is 14.7 Å². The van der Waals surface area contributed by atoms with Crippen LogP contribution in [0.3, 0.4) is 0 Å². The van der Waals surface area contributed by atoms with E-state index in [4.69, 9.17) is 9.47 Å². The number of methoxy groups -OCH3 is 2. The van der Waals surface area contributed by atoms with Crippen LogP contribution < -0.4 is 9.47 Å². The zero-order valence-electron chi connectivity index (χ0n) is 16.0. The summed E-state index contributed by atoms with van der Waals surface area (Å²) in [6, 6.07) is 9.95. The zero-order chi connectivity index (χ0) is 19.5. The summed E-state index contributed by atoms with van der Waals surface area (Å²) >= 11 is 1.67. The molecular weight excluding hydrogens is 374 g/mol. The molecule has 1 atom stereocenters. The number of nitrogens with zero attached hydrogens (tertiary/aromatic N) is 3. The Hall–Kier alpha value is -2.80. The summed E-state index contributed by atoms with van der Waals surface area (Å²) in [6.07, 6.45) is 4.83. The summed E-state index contributed by atoms with van der Waals surface area (Å²) in [6.45, 7) is 1.27. The number of aryl methyl sites for hydroxylation is 1. The minimum Gasteiger partial charge on any atom is -0.493 e. The highest BCUT2D eigenvalue weighted by Gasteiger charge is 2.33. The number of hydrogen-bond acceptors (Lipinski definition) is 5. The highest BCUT2D eigenvalue weighted by Crippen LogP contribution is 2.42. The van der Waals surface area contributed by atoms with Crippen molar-refractivity contribution in [3.05, 3.63) is 64.1 Å². The van der Waals surface area contributed by atoms with E-state index < -0.39 is 0 Å². The van der Waals surface area contributed by atoms with Crippen molar-refractivity contribution < 1.29 is 14.3 Å². The number of thiophene rings is 1. The molecule has 0 saturated heterocycles. The monoisotopic (exact) mass is 397 g/mol. The molecule has 6 nitrogen and oxygen atoms in total. The number of rotatable bonds is 6. The molecule has 146 valence electrons. The molecule has 7 heteroatoms. The van der Waals surface area contributed by atoms with Gasteiger partial charge < -0.3 is 14.4 Å². The molecule has 1 unspecified atom stereocenters. The van der Waals surface area contributed by atoms with Gasteiger partial charge in [0, 0.05) is 36.8 Å². The Morgan fingerprint density at radius 1 is 1.25 bits per heavy atom.